The minimum Gasteiger partial charge on any atom is -0.338 e. The van der Waals surface area contributed by atoms with Gasteiger partial charge in [0.1, 0.15) is 5.82 Å². The summed E-state index contributed by atoms with van der Waals surface area (Å²) < 4.78 is 2.07. The summed E-state index contributed by atoms with van der Waals surface area (Å²) in [5, 5.41) is 0. The van der Waals surface area contributed by atoms with Crippen molar-refractivity contribution in [2.24, 2.45) is 7.05 Å². The van der Waals surface area contributed by atoms with E-state index in [4.69, 9.17) is 11.6 Å². The van der Waals surface area contributed by atoms with Gasteiger partial charge in [-0.05, 0) is 12.2 Å². The second kappa shape index (κ2) is 6.33. The van der Waals surface area contributed by atoms with Crippen LogP contribution < -0.4 is 0 Å². The third-order valence-electron chi connectivity index (χ3n) is 1.81. The summed E-state index contributed by atoms with van der Waals surface area (Å²) in [6.45, 7) is 0. The van der Waals surface area contributed by atoms with E-state index in [1.165, 1.54) is 5.82 Å². The summed E-state index contributed by atoms with van der Waals surface area (Å²) in [6.07, 6.45) is 5.99. The summed E-state index contributed by atoms with van der Waals surface area (Å²) in [4.78, 5) is 4.26. The zero-order valence-electron chi connectivity index (χ0n) is 7.87. The van der Waals surface area contributed by atoms with Crippen LogP contribution in [-0.4, -0.2) is 26.9 Å². The third-order valence-corrected chi connectivity index (χ3v) is 3.15. The molecule has 4 heteroatoms. The smallest absolute Gasteiger partial charge is 0.109 e. The van der Waals surface area contributed by atoms with E-state index in [0.717, 1.165) is 30.2 Å². The number of nitrogens with zero attached hydrogens (tertiary/aromatic N) is 2. The molecule has 0 aliphatic rings. The molecule has 0 aliphatic carbocycles. The van der Waals surface area contributed by atoms with Crippen molar-refractivity contribution in [3.05, 3.63) is 18.2 Å². The number of hydrogen-bond donors (Lipinski definition) is 0. The van der Waals surface area contributed by atoms with E-state index < -0.39 is 0 Å². The first-order valence-corrected chi connectivity index (χ1v) is 6.13. The van der Waals surface area contributed by atoms with Gasteiger partial charge in [-0.3, -0.25) is 0 Å². The van der Waals surface area contributed by atoms with Crippen LogP contribution in [0.4, 0.5) is 0 Å². The van der Waals surface area contributed by atoms with Gasteiger partial charge in [-0.15, -0.1) is 11.6 Å². The summed E-state index contributed by atoms with van der Waals surface area (Å²) in [6, 6.07) is 0. The normalized spacial score (nSPS) is 10.6. The summed E-state index contributed by atoms with van der Waals surface area (Å²) in [5.74, 6) is 4.24. The Balaban J connectivity index is 2.10. The minimum atomic E-state index is 0.773. The largest absolute Gasteiger partial charge is 0.338 e. The highest BCUT2D eigenvalue weighted by Gasteiger charge is 1.98. The molecule has 1 heterocycles. The van der Waals surface area contributed by atoms with Crippen LogP contribution in [0.5, 0.6) is 0 Å². The molecule has 13 heavy (non-hydrogen) atoms. The van der Waals surface area contributed by atoms with Gasteiger partial charge in [-0.25, -0.2) is 4.98 Å². The summed E-state index contributed by atoms with van der Waals surface area (Å²) in [5.41, 5.74) is 0. The van der Waals surface area contributed by atoms with Gasteiger partial charge in [0.25, 0.3) is 0 Å². The Kier molecular flexibility index (Phi) is 5.32. The zero-order chi connectivity index (χ0) is 9.52. The van der Waals surface area contributed by atoms with Crippen molar-refractivity contribution in [3.63, 3.8) is 0 Å². The van der Waals surface area contributed by atoms with Crippen LogP contribution in [0.3, 0.4) is 0 Å². The molecule has 0 aliphatic heterocycles. The lowest BCUT2D eigenvalue weighted by molar-refractivity contribution is 0.811. The van der Waals surface area contributed by atoms with Gasteiger partial charge in [-0.1, -0.05) is 0 Å². The van der Waals surface area contributed by atoms with Gasteiger partial charge in [0.2, 0.25) is 0 Å². The van der Waals surface area contributed by atoms with Crippen LogP contribution in [0.25, 0.3) is 0 Å². The lowest BCUT2D eigenvalue weighted by Crippen LogP contribution is -1.99. The molecule has 0 aromatic carbocycles. The number of hydrogen-bond acceptors (Lipinski definition) is 2. The standard InChI is InChI=1S/C9H15ClN2S/c1-12-6-5-11-9(12)3-8-13-7-2-4-10/h5-6H,2-4,7-8H2,1H3. The third kappa shape index (κ3) is 4.05. The molecule has 0 bridgehead atoms. The van der Waals surface area contributed by atoms with E-state index in [2.05, 4.69) is 9.55 Å². The number of halogens is 1. The maximum Gasteiger partial charge on any atom is 0.109 e. The fraction of sp³-hybridized carbons (Fsp3) is 0.667. The Labute approximate surface area is 88.7 Å². The molecule has 0 saturated heterocycles. The van der Waals surface area contributed by atoms with Crippen molar-refractivity contribution < 1.29 is 0 Å². The molecule has 0 N–H and O–H groups in total. The first kappa shape index (κ1) is 10.9. The van der Waals surface area contributed by atoms with Crippen molar-refractivity contribution in [2.45, 2.75) is 12.8 Å². The molecule has 0 spiro atoms. The molecule has 0 atom stereocenters. The average Bonchev–Trinajstić information content (AvgIpc) is 2.52. The number of aryl methyl sites for hydroxylation is 2. The van der Waals surface area contributed by atoms with Gasteiger partial charge < -0.3 is 4.57 Å². The van der Waals surface area contributed by atoms with E-state index >= 15 is 0 Å². The summed E-state index contributed by atoms with van der Waals surface area (Å²) >= 11 is 7.52. The van der Waals surface area contributed by atoms with Crippen LogP contribution >= 0.6 is 23.4 Å². The maximum atomic E-state index is 5.58. The molecule has 1 aromatic rings. The number of rotatable bonds is 6. The Morgan fingerprint density at radius 3 is 3.00 bits per heavy atom. The predicted octanol–water partition coefficient (Wildman–Crippen LogP) is 2.32. The highest BCUT2D eigenvalue weighted by atomic mass is 35.5. The van der Waals surface area contributed by atoms with Gasteiger partial charge in [0.15, 0.2) is 0 Å². The molecule has 0 unspecified atom stereocenters. The van der Waals surface area contributed by atoms with E-state index in [0.29, 0.717) is 0 Å². The molecule has 1 aromatic heterocycles. The van der Waals surface area contributed by atoms with Crippen molar-refractivity contribution >= 4 is 23.4 Å². The molecule has 2 nitrogen and oxygen atoms in total. The second-order valence-corrected chi connectivity index (χ2v) is 4.46. The highest BCUT2D eigenvalue weighted by molar-refractivity contribution is 7.99. The molecule has 0 radical (unpaired) electrons. The molecular weight excluding hydrogens is 204 g/mol. The molecule has 0 amide bonds. The Morgan fingerprint density at radius 2 is 2.38 bits per heavy atom. The van der Waals surface area contributed by atoms with Gasteiger partial charge >= 0.3 is 0 Å². The van der Waals surface area contributed by atoms with Gasteiger partial charge in [0.05, 0.1) is 0 Å². The van der Waals surface area contributed by atoms with E-state index in [1.807, 2.05) is 31.2 Å². The molecular formula is C9H15ClN2S. The first-order valence-electron chi connectivity index (χ1n) is 4.44. The van der Waals surface area contributed by atoms with Crippen molar-refractivity contribution in [1.82, 2.24) is 9.55 Å². The monoisotopic (exact) mass is 218 g/mol. The van der Waals surface area contributed by atoms with Crippen LogP contribution in [0.1, 0.15) is 12.2 Å². The average molecular weight is 219 g/mol. The lowest BCUT2D eigenvalue weighted by atomic mass is 10.4. The van der Waals surface area contributed by atoms with E-state index in [1.54, 1.807) is 0 Å². The van der Waals surface area contributed by atoms with Gasteiger partial charge in [-0.2, -0.15) is 11.8 Å². The first-order chi connectivity index (χ1) is 6.34. The Morgan fingerprint density at radius 1 is 1.54 bits per heavy atom. The van der Waals surface area contributed by atoms with Crippen molar-refractivity contribution in [3.8, 4) is 0 Å². The fourth-order valence-corrected chi connectivity index (χ4v) is 2.23. The zero-order valence-corrected chi connectivity index (χ0v) is 9.44. The highest BCUT2D eigenvalue weighted by Crippen LogP contribution is 2.06. The topological polar surface area (TPSA) is 17.8 Å². The number of imidazole rings is 1. The Bertz CT molecular complexity index is 237. The SMILES string of the molecule is Cn1ccnc1CCSCCCCl. The summed E-state index contributed by atoms with van der Waals surface area (Å²) in [7, 11) is 2.03. The van der Waals surface area contributed by atoms with Crippen LogP contribution in [0.15, 0.2) is 12.4 Å². The number of alkyl halides is 1. The molecule has 0 fully saturated rings. The van der Waals surface area contributed by atoms with E-state index in [9.17, 15) is 0 Å². The fourth-order valence-electron chi connectivity index (χ4n) is 1.06. The van der Waals surface area contributed by atoms with E-state index in [-0.39, 0.29) is 0 Å². The van der Waals surface area contributed by atoms with Crippen LogP contribution in [-0.2, 0) is 13.5 Å². The maximum absolute atomic E-state index is 5.58. The Hall–Kier alpha value is -0.150. The minimum absolute atomic E-state index is 0.773. The molecule has 1 rings (SSSR count). The quantitative estimate of drug-likeness (QED) is 0.539. The van der Waals surface area contributed by atoms with Gasteiger partial charge in [0, 0.05) is 37.5 Å². The molecule has 0 saturated carbocycles. The van der Waals surface area contributed by atoms with Crippen LogP contribution in [0.2, 0.25) is 0 Å². The van der Waals surface area contributed by atoms with Crippen molar-refractivity contribution in [1.29, 1.82) is 0 Å². The van der Waals surface area contributed by atoms with Crippen molar-refractivity contribution in [2.75, 3.05) is 17.4 Å². The predicted molar refractivity (Wildman–Crippen MR) is 59.6 cm³/mol. The second-order valence-electron chi connectivity index (χ2n) is 2.86. The lowest BCUT2D eigenvalue weighted by Gasteiger charge is -2.00. The number of thioether (sulfide) groups is 1. The van der Waals surface area contributed by atoms with Crippen LogP contribution in [0, 0.1) is 0 Å². The molecule has 74 valence electrons. The number of aromatic nitrogens is 2.